The summed E-state index contributed by atoms with van der Waals surface area (Å²) in [6.45, 7) is 0. The van der Waals surface area contributed by atoms with E-state index in [0.29, 0.717) is 11.8 Å². The lowest BCUT2D eigenvalue weighted by molar-refractivity contribution is -0.123. The summed E-state index contributed by atoms with van der Waals surface area (Å²) in [7, 11) is 0. The number of hydrogen-bond acceptors (Lipinski definition) is 2. The van der Waals surface area contributed by atoms with Crippen LogP contribution in [0.3, 0.4) is 0 Å². The molecule has 3 saturated carbocycles. The van der Waals surface area contributed by atoms with Crippen LogP contribution in [0, 0.1) is 29.5 Å². The normalized spacial score (nSPS) is 28.4. The van der Waals surface area contributed by atoms with E-state index in [2.05, 4.69) is 22.5 Å². The van der Waals surface area contributed by atoms with Crippen molar-refractivity contribution in [1.29, 1.82) is 0 Å². The molecule has 1 aromatic carbocycles. The van der Waals surface area contributed by atoms with Crippen LogP contribution in [-0.4, -0.2) is 16.9 Å². The van der Waals surface area contributed by atoms with E-state index in [1.165, 1.54) is 37.8 Å². The number of nitrogens with one attached hydrogen (secondary N) is 1. The van der Waals surface area contributed by atoms with Crippen LogP contribution >= 0.6 is 0 Å². The maximum absolute atomic E-state index is 13.5. The van der Waals surface area contributed by atoms with Crippen molar-refractivity contribution in [3.05, 3.63) is 60.2 Å². The minimum atomic E-state index is -0.237. The van der Waals surface area contributed by atoms with E-state index in [-0.39, 0.29) is 23.7 Å². The first-order chi connectivity index (χ1) is 14.7. The Kier molecular flexibility index (Phi) is 5.41. The van der Waals surface area contributed by atoms with Crippen molar-refractivity contribution < 1.29 is 9.18 Å². The Hall–Kier alpha value is -2.49. The number of halogens is 1. The summed E-state index contributed by atoms with van der Waals surface area (Å²) >= 11 is 0. The smallest absolute Gasteiger partial charge is 0.223 e. The van der Waals surface area contributed by atoms with E-state index in [1.54, 1.807) is 12.3 Å². The van der Waals surface area contributed by atoms with E-state index in [1.807, 2.05) is 18.2 Å². The number of aromatic nitrogens is 1. The highest BCUT2D eigenvalue weighted by molar-refractivity contribution is 5.81. The molecule has 0 unspecified atom stereocenters. The van der Waals surface area contributed by atoms with Gasteiger partial charge < -0.3 is 5.32 Å². The number of rotatable bonds is 5. The van der Waals surface area contributed by atoms with E-state index in [0.717, 1.165) is 42.0 Å². The van der Waals surface area contributed by atoms with E-state index >= 15 is 0 Å². The molecule has 4 heteroatoms. The first kappa shape index (κ1) is 19.5. The van der Waals surface area contributed by atoms with Crippen molar-refractivity contribution >= 4 is 12.0 Å². The van der Waals surface area contributed by atoms with Gasteiger partial charge in [-0.1, -0.05) is 43.5 Å². The monoisotopic (exact) mass is 404 g/mol. The van der Waals surface area contributed by atoms with Gasteiger partial charge >= 0.3 is 0 Å². The lowest BCUT2D eigenvalue weighted by atomic mass is 9.78. The second-order valence-corrected chi connectivity index (χ2v) is 9.25. The summed E-state index contributed by atoms with van der Waals surface area (Å²) in [5, 5.41) is 3.37. The number of amides is 1. The maximum Gasteiger partial charge on any atom is 0.223 e. The topological polar surface area (TPSA) is 42.0 Å². The van der Waals surface area contributed by atoms with Gasteiger partial charge in [0.25, 0.3) is 0 Å². The standard InChI is InChI=1S/C26H29FN2O/c27-21-6-3-5-18(14-21)20-10-11-22(28-16-20)12-13-24-23-7-2-1-4-19(23)15-25(24)29-26(30)17-8-9-17/h3,5-6,10-14,16-17,19,23-25H,1-2,4,7-9,15H2,(H,29,30)/b13-12+/t19-,23-,24+,25+/m1/s1. The fourth-order valence-corrected chi connectivity index (χ4v) is 5.45. The Bertz CT molecular complexity index is 934. The first-order valence-electron chi connectivity index (χ1n) is 11.4. The fourth-order valence-electron chi connectivity index (χ4n) is 5.45. The molecule has 1 amide bonds. The summed E-state index contributed by atoms with van der Waals surface area (Å²) < 4.78 is 13.5. The molecule has 0 radical (unpaired) electrons. The summed E-state index contributed by atoms with van der Waals surface area (Å²) in [4.78, 5) is 17.0. The Morgan fingerprint density at radius 3 is 2.70 bits per heavy atom. The summed E-state index contributed by atoms with van der Waals surface area (Å²) in [6, 6.07) is 10.8. The minimum Gasteiger partial charge on any atom is -0.353 e. The van der Waals surface area contributed by atoms with Gasteiger partial charge in [0.15, 0.2) is 0 Å². The van der Waals surface area contributed by atoms with Crippen molar-refractivity contribution in [2.45, 2.75) is 51.0 Å². The van der Waals surface area contributed by atoms with Crippen LogP contribution in [-0.2, 0) is 4.79 Å². The van der Waals surface area contributed by atoms with Gasteiger partial charge in [0, 0.05) is 29.6 Å². The zero-order valence-electron chi connectivity index (χ0n) is 17.3. The molecule has 1 N–H and O–H groups in total. The highest BCUT2D eigenvalue weighted by atomic mass is 19.1. The van der Waals surface area contributed by atoms with Gasteiger partial charge in [-0.3, -0.25) is 9.78 Å². The quantitative estimate of drug-likeness (QED) is 0.702. The second-order valence-electron chi connectivity index (χ2n) is 9.25. The zero-order chi connectivity index (χ0) is 20.5. The fraction of sp³-hybridized carbons (Fsp3) is 0.462. The van der Waals surface area contributed by atoms with Crippen LogP contribution in [0.4, 0.5) is 4.39 Å². The highest BCUT2D eigenvalue weighted by Crippen LogP contribution is 2.47. The molecule has 4 atom stereocenters. The van der Waals surface area contributed by atoms with E-state index in [9.17, 15) is 9.18 Å². The summed E-state index contributed by atoms with van der Waals surface area (Å²) in [6.07, 6.45) is 14.6. The minimum absolute atomic E-state index is 0.237. The predicted molar refractivity (Wildman–Crippen MR) is 117 cm³/mol. The van der Waals surface area contributed by atoms with Crippen LogP contribution in [0.2, 0.25) is 0 Å². The molecular weight excluding hydrogens is 375 g/mol. The van der Waals surface area contributed by atoms with Gasteiger partial charge in [-0.15, -0.1) is 0 Å². The van der Waals surface area contributed by atoms with Gasteiger partial charge in [-0.05, 0) is 67.4 Å². The molecule has 5 rings (SSSR count). The average molecular weight is 405 g/mol. The van der Waals surface area contributed by atoms with Crippen molar-refractivity contribution in [2.75, 3.05) is 0 Å². The van der Waals surface area contributed by atoms with Crippen molar-refractivity contribution in [3.63, 3.8) is 0 Å². The molecule has 1 heterocycles. The second kappa shape index (κ2) is 8.33. The van der Waals surface area contributed by atoms with Crippen LogP contribution < -0.4 is 5.32 Å². The van der Waals surface area contributed by atoms with Crippen LogP contribution in [0.1, 0.15) is 50.6 Å². The zero-order valence-corrected chi connectivity index (χ0v) is 17.3. The molecule has 0 spiro atoms. The summed E-state index contributed by atoms with van der Waals surface area (Å²) in [5.74, 6) is 2.08. The van der Waals surface area contributed by atoms with E-state index in [4.69, 9.17) is 0 Å². The number of hydrogen-bond donors (Lipinski definition) is 1. The lowest BCUT2D eigenvalue weighted by Crippen LogP contribution is -2.38. The molecule has 3 aliphatic carbocycles. The van der Waals surface area contributed by atoms with Gasteiger partial charge in [-0.25, -0.2) is 4.39 Å². The molecule has 3 fully saturated rings. The molecule has 156 valence electrons. The Balaban J connectivity index is 1.32. The van der Waals surface area contributed by atoms with Crippen molar-refractivity contribution in [2.24, 2.45) is 23.7 Å². The number of benzene rings is 1. The molecule has 3 nitrogen and oxygen atoms in total. The maximum atomic E-state index is 13.5. The van der Waals surface area contributed by atoms with Gasteiger partial charge in [0.2, 0.25) is 5.91 Å². The number of nitrogens with zero attached hydrogens (tertiary/aromatic N) is 1. The summed E-state index contributed by atoms with van der Waals surface area (Å²) in [5.41, 5.74) is 2.65. The number of fused-ring (bicyclic) bond motifs is 1. The van der Waals surface area contributed by atoms with E-state index < -0.39 is 0 Å². The molecule has 0 saturated heterocycles. The SMILES string of the molecule is O=C(N[C@H]1C[C@H]2CCCC[C@H]2[C@@H]1/C=C/c1ccc(-c2cccc(F)c2)cn1)C1CC1. The van der Waals surface area contributed by atoms with Gasteiger partial charge in [-0.2, -0.15) is 0 Å². The molecule has 3 aliphatic rings. The highest BCUT2D eigenvalue weighted by Gasteiger charge is 2.44. The lowest BCUT2D eigenvalue weighted by Gasteiger charge is -2.28. The Morgan fingerprint density at radius 1 is 1.07 bits per heavy atom. The third kappa shape index (κ3) is 4.19. The number of carbonyl (C=O) groups excluding carboxylic acids is 1. The Labute approximate surface area is 177 Å². The van der Waals surface area contributed by atoms with Crippen molar-refractivity contribution in [3.8, 4) is 11.1 Å². The number of carbonyl (C=O) groups is 1. The van der Waals surface area contributed by atoms with Gasteiger partial charge in [0.1, 0.15) is 5.82 Å². The molecule has 2 aromatic rings. The first-order valence-corrected chi connectivity index (χ1v) is 11.4. The third-order valence-electron chi connectivity index (χ3n) is 7.19. The molecule has 30 heavy (non-hydrogen) atoms. The van der Waals surface area contributed by atoms with Crippen molar-refractivity contribution in [1.82, 2.24) is 10.3 Å². The largest absolute Gasteiger partial charge is 0.353 e. The number of pyridine rings is 1. The van der Waals surface area contributed by atoms with Crippen LogP contribution in [0.25, 0.3) is 17.2 Å². The Morgan fingerprint density at radius 2 is 1.93 bits per heavy atom. The third-order valence-corrected chi connectivity index (χ3v) is 7.19. The predicted octanol–water partition coefficient (Wildman–Crippen LogP) is 5.62. The van der Waals surface area contributed by atoms with Crippen LogP contribution in [0.15, 0.2) is 48.7 Å². The molecule has 0 bridgehead atoms. The molecular formula is C26H29FN2O. The average Bonchev–Trinajstić information content (AvgIpc) is 3.56. The van der Waals surface area contributed by atoms with Crippen LogP contribution in [0.5, 0.6) is 0 Å². The molecule has 0 aliphatic heterocycles. The molecule has 1 aromatic heterocycles. The van der Waals surface area contributed by atoms with Gasteiger partial charge in [0.05, 0.1) is 5.69 Å².